The van der Waals surface area contributed by atoms with Crippen LogP contribution in [0.25, 0.3) is 10.8 Å². The van der Waals surface area contributed by atoms with Crippen molar-refractivity contribution in [1.82, 2.24) is 0 Å². The summed E-state index contributed by atoms with van der Waals surface area (Å²) in [4.78, 5) is 18.0. The minimum absolute atomic E-state index is 0.559. The molecular weight excluding hydrogens is 211 g/mol. The topological polar surface area (TPSA) is 60.7 Å². The van der Waals surface area contributed by atoms with E-state index >= 15 is 0 Å². The second-order valence-electron chi connectivity index (χ2n) is 3.26. The molecule has 15 heavy (non-hydrogen) atoms. The molecule has 3 N–H and O–H groups in total. The molecule has 0 fully saturated rings. The van der Waals surface area contributed by atoms with Gasteiger partial charge in [0.1, 0.15) is 5.85 Å². The van der Waals surface area contributed by atoms with Crippen LogP contribution in [0.1, 0.15) is 11.4 Å². The zero-order chi connectivity index (χ0) is 10.8. The van der Waals surface area contributed by atoms with E-state index in [1.54, 1.807) is 12.1 Å². The molecule has 0 amide bonds. The molecule has 4 heteroatoms. The van der Waals surface area contributed by atoms with Crippen LogP contribution in [0.4, 0.5) is 0 Å². The molecule has 0 saturated carbocycles. The van der Waals surface area contributed by atoms with Gasteiger partial charge in [-0.2, -0.15) is 0 Å². The molecule has 78 valence electrons. The molecule has 1 atom stereocenters. The molecule has 1 unspecified atom stereocenters. The molecule has 2 rings (SSSR count). The Bertz CT molecular complexity index is 465. The van der Waals surface area contributed by atoms with Crippen molar-refractivity contribution in [3.8, 4) is 0 Å². The molecule has 0 aliphatic heterocycles. The van der Waals surface area contributed by atoms with Crippen molar-refractivity contribution in [2.45, 2.75) is 5.85 Å². The van der Waals surface area contributed by atoms with E-state index in [1.807, 2.05) is 30.3 Å². The zero-order valence-corrected chi connectivity index (χ0v) is 8.80. The fourth-order valence-corrected chi connectivity index (χ4v) is 2.07. The smallest absolute Gasteiger partial charge is 0.200 e. The SMILES string of the molecule is OC(c1cccc2ccccc12)P(O)O. The molecule has 0 aliphatic rings. The lowest BCUT2D eigenvalue weighted by Gasteiger charge is -2.14. The van der Waals surface area contributed by atoms with Crippen molar-refractivity contribution in [3.63, 3.8) is 0 Å². The normalized spacial score (nSPS) is 13.3. The summed E-state index contributed by atoms with van der Waals surface area (Å²) < 4.78 is 0. The van der Waals surface area contributed by atoms with Crippen LogP contribution in [0.3, 0.4) is 0 Å². The number of rotatable bonds is 2. The quantitative estimate of drug-likeness (QED) is 0.682. The lowest BCUT2D eigenvalue weighted by molar-refractivity contribution is 0.234. The minimum Gasteiger partial charge on any atom is -0.379 e. The number of hydrogen-bond acceptors (Lipinski definition) is 3. The van der Waals surface area contributed by atoms with Crippen molar-refractivity contribution >= 4 is 19.1 Å². The Morgan fingerprint density at radius 1 is 0.933 bits per heavy atom. The fraction of sp³-hybridized carbons (Fsp3) is 0.0909. The third-order valence-electron chi connectivity index (χ3n) is 2.32. The van der Waals surface area contributed by atoms with E-state index in [-0.39, 0.29) is 0 Å². The first-order valence-corrected chi connectivity index (χ1v) is 5.84. The highest BCUT2D eigenvalue weighted by molar-refractivity contribution is 7.45. The summed E-state index contributed by atoms with van der Waals surface area (Å²) >= 11 is 0. The zero-order valence-electron chi connectivity index (χ0n) is 7.91. The fourth-order valence-electron chi connectivity index (χ4n) is 1.60. The third-order valence-corrected chi connectivity index (χ3v) is 3.04. The summed E-state index contributed by atoms with van der Waals surface area (Å²) in [6.07, 6.45) is 0. The van der Waals surface area contributed by atoms with Crippen LogP contribution in [0.5, 0.6) is 0 Å². The van der Waals surface area contributed by atoms with Gasteiger partial charge >= 0.3 is 0 Å². The van der Waals surface area contributed by atoms with Gasteiger partial charge in [-0.05, 0) is 16.3 Å². The van der Waals surface area contributed by atoms with Gasteiger partial charge in [-0.25, -0.2) is 0 Å². The Balaban J connectivity index is 2.60. The van der Waals surface area contributed by atoms with Crippen LogP contribution >= 0.6 is 8.38 Å². The van der Waals surface area contributed by atoms with Gasteiger partial charge in [0.2, 0.25) is 8.38 Å². The van der Waals surface area contributed by atoms with Gasteiger partial charge in [-0.1, -0.05) is 42.5 Å². The molecule has 0 aromatic heterocycles. The first-order chi connectivity index (χ1) is 7.20. The average Bonchev–Trinajstić information content (AvgIpc) is 2.27. The second kappa shape index (κ2) is 4.25. The number of benzene rings is 2. The molecule has 0 radical (unpaired) electrons. The van der Waals surface area contributed by atoms with Crippen LogP contribution in [0.15, 0.2) is 42.5 Å². The monoisotopic (exact) mass is 222 g/mol. The highest BCUT2D eigenvalue weighted by Crippen LogP contribution is 2.43. The standard InChI is InChI=1S/C11H11O3P/c12-11(15(13)14)10-7-3-5-8-4-1-2-6-9(8)10/h1-7,11-14H. The number of hydrogen-bond donors (Lipinski definition) is 3. The van der Waals surface area contributed by atoms with E-state index in [1.165, 1.54) is 0 Å². The van der Waals surface area contributed by atoms with Gasteiger partial charge in [0, 0.05) is 0 Å². The van der Waals surface area contributed by atoms with E-state index in [4.69, 9.17) is 9.79 Å². The second-order valence-corrected chi connectivity index (χ2v) is 4.39. The molecule has 0 spiro atoms. The van der Waals surface area contributed by atoms with E-state index in [9.17, 15) is 5.11 Å². The summed E-state index contributed by atoms with van der Waals surface area (Å²) in [6.45, 7) is 0. The van der Waals surface area contributed by atoms with E-state index < -0.39 is 14.2 Å². The molecular formula is C11H11O3P. The van der Waals surface area contributed by atoms with Gasteiger partial charge in [-0.15, -0.1) is 0 Å². The lowest BCUT2D eigenvalue weighted by atomic mass is 10.1. The van der Waals surface area contributed by atoms with Gasteiger partial charge in [0.25, 0.3) is 0 Å². The van der Waals surface area contributed by atoms with Crippen LogP contribution in [0.2, 0.25) is 0 Å². The Morgan fingerprint density at radius 3 is 2.33 bits per heavy atom. The molecule has 0 aliphatic carbocycles. The van der Waals surface area contributed by atoms with Crippen LogP contribution in [-0.4, -0.2) is 14.9 Å². The molecule has 0 bridgehead atoms. The minimum atomic E-state index is -2.36. The van der Waals surface area contributed by atoms with E-state index in [0.29, 0.717) is 5.56 Å². The van der Waals surface area contributed by atoms with Gasteiger partial charge in [0.15, 0.2) is 0 Å². The molecule has 0 saturated heterocycles. The Morgan fingerprint density at radius 2 is 1.60 bits per heavy atom. The maximum atomic E-state index is 9.62. The van der Waals surface area contributed by atoms with E-state index in [2.05, 4.69) is 0 Å². The van der Waals surface area contributed by atoms with Crippen molar-refractivity contribution in [1.29, 1.82) is 0 Å². The summed E-state index contributed by atoms with van der Waals surface area (Å²) in [5.41, 5.74) is 0.559. The first kappa shape index (κ1) is 10.5. The lowest BCUT2D eigenvalue weighted by Crippen LogP contribution is -1.95. The third kappa shape index (κ3) is 2.01. The van der Waals surface area contributed by atoms with Crippen LogP contribution in [0, 0.1) is 0 Å². The van der Waals surface area contributed by atoms with Gasteiger partial charge in [0.05, 0.1) is 0 Å². The summed E-state index contributed by atoms with van der Waals surface area (Å²) in [6, 6.07) is 12.9. The Labute approximate surface area is 88.5 Å². The van der Waals surface area contributed by atoms with Gasteiger partial charge in [-0.3, -0.25) is 0 Å². The number of aliphatic hydroxyl groups excluding tert-OH is 1. The predicted octanol–water partition coefficient (Wildman–Crippen LogP) is 2.13. The number of aliphatic hydroxyl groups is 1. The van der Waals surface area contributed by atoms with Crippen LogP contribution in [-0.2, 0) is 0 Å². The van der Waals surface area contributed by atoms with Crippen molar-refractivity contribution in [2.75, 3.05) is 0 Å². The highest BCUT2D eigenvalue weighted by atomic mass is 31.2. The molecule has 2 aromatic carbocycles. The van der Waals surface area contributed by atoms with Crippen molar-refractivity contribution in [3.05, 3.63) is 48.0 Å². The Hall–Kier alpha value is -0.990. The van der Waals surface area contributed by atoms with E-state index in [0.717, 1.165) is 10.8 Å². The largest absolute Gasteiger partial charge is 0.379 e. The van der Waals surface area contributed by atoms with Gasteiger partial charge < -0.3 is 14.9 Å². The van der Waals surface area contributed by atoms with Crippen LogP contribution < -0.4 is 0 Å². The first-order valence-electron chi connectivity index (χ1n) is 4.53. The summed E-state index contributed by atoms with van der Waals surface area (Å²) in [7, 11) is -2.36. The van der Waals surface area contributed by atoms with Crippen molar-refractivity contribution in [2.24, 2.45) is 0 Å². The molecule has 0 heterocycles. The molecule has 2 aromatic rings. The summed E-state index contributed by atoms with van der Waals surface area (Å²) in [5, 5.41) is 11.5. The van der Waals surface area contributed by atoms with Crippen molar-refractivity contribution < 1.29 is 14.9 Å². The molecule has 3 nitrogen and oxygen atoms in total. The highest BCUT2D eigenvalue weighted by Gasteiger charge is 2.18. The summed E-state index contributed by atoms with van der Waals surface area (Å²) in [5.74, 6) is -1.20. The maximum absolute atomic E-state index is 9.62. The average molecular weight is 222 g/mol. The number of fused-ring (bicyclic) bond motifs is 1. The Kier molecular flexibility index (Phi) is 2.98. The predicted molar refractivity (Wildman–Crippen MR) is 60.3 cm³/mol. The maximum Gasteiger partial charge on any atom is 0.200 e.